The van der Waals surface area contributed by atoms with Gasteiger partial charge in [0.15, 0.2) is 0 Å². The van der Waals surface area contributed by atoms with Crippen molar-refractivity contribution in [1.82, 2.24) is 14.3 Å². The minimum Gasteiger partial charge on any atom is -0.496 e. The van der Waals surface area contributed by atoms with Gasteiger partial charge in [0, 0.05) is 25.5 Å². The van der Waals surface area contributed by atoms with Crippen LogP contribution in [0.3, 0.4) is 0 Å². The Morgan fingerprint density at radius 1 is 1.33 bits per heavy atom. The van der Waals surface area contributed by atoms with Crippen molar-refractivity contribution in [2.24, 2.45) is 0 Å². The molecule has 7 heteroatoms. The maximum Gasteiger partial charge on any atom is 0.240 e. The summed E-state index contributed by atoms with van der Waals surface area (Å²) in [4.78, 5) is 4.28. The third-order valence-corrected chi connectivity index (χ3v) is 5.49. The number of sulfonamides is 1. The van der Waals surface area contributed by atoms with Crippen LogP contribution >= 0.6 is 0 Å². The summed E-state index contributed by atoms with van der Waals surface area (Å²) in [6.45, 7) is 6.92. The lowest BCUT2D eigenvalue weighted by Gasteiger charge is -2.16. The van der Waals surface area contributed by atoms with Gasteiger partial charge < -0.3 is 9.30 Å². The SMILES string of the molecule is COc1cc(C)c(S(=O)(=O)NCCCn2ccnc2)cc1C(C)C. The van der Waals surface area contributed by atoms with Crippen molar-refractivity contribution in [2.45, 2.75) is 44.6 Å². The van der Waals surface area contributed by atoms with Crippen LogP contribution in [-0.4, -0.2) is 31.6 Å². The van der Waals surface area contributed by atoms with Gasteiger partial charge in [-0.15, -0.1) is 0 Å². The normalized spacial score (nSPS) is 11.9. The summed E-state index contributed by atoms with van der Waals surface area (Å²) < 4.78 is 35.2. The smallest absolute Gasteiger partial charge is 0.240 e. The van der Waals surface area contributed by atoms with Crippen LogP contribution in [0.25, 0.3) is 0 Å². The molecule has 0 radical (unpaired) electrons. The molecule has 0 aliphatic heterocycles. The van der Waals surface area contributed by atoms with Gasteiger partial charge in [0.2, 0.25) is 10.0 Å². The minimum absolute atomic E-state index is 0.177. The van der Waals surface area contributed by atoms with Crippen LogP contribution in [0.5, 0.6) is 5.75 Å². The topological polar surface area (TPSA) is 73.2 Å². The third kappa shape index (κ3) is 4.36. The summed E-state index contributed by atoms with van der Waals surface area (Å²) in [5, 5.41) is 0. The molecule has 24 heavy (non-hydrogen) atoms. The molecule has 6 nitrogen and oxygen atoms in total. The molecule has 132 valence electrons. The number of nitrogens with one attached hydrogen (secondary N) is 1. The van der Waals surface area contributed by atoms with E-state index in [0.717, 1.165) is 17.9 Å². The first-order valence-corrected chi connectivity index (χ1v) is 9.47. The van der Waals surface area contributed by atoms with Gasteiger partial charge in [0.25, 0.3) is 0 Å². The molecule has 1 N–H and O–H groups in total. The summed E-state index contributed by atoms with van der Waals surface area (Å²) in [6.07, 6.45) is 5.98. The molecule has 1 aromatic heterocycles. The Morgan fingerprint density at radius 3 is 2.67 bits per heavy atom. The summed E-state index contributed by atoms with van der Waals surface area (Å²) in [7, 11) is -1.94. The first-order chi connectivity index (χ1) is 11.3. The molecule has 0 atom stereocenters. The van der Waals surface area contributed by atoms with Gasteiger partial charge >= 0.3 is 0 Å². The molecule has 2 rings (SSSR count). The molecule has 0 saturated heterocycles. The highest BCUT2D eigenvalue weighted by Gasteiger charge is 2.20. The molecule has 0 aliphatic carbocycles. The van der Waals surface area contributed by atoms with Gasteiger partial charge in [-0.2, -0.15) is 0 Å². The molecule has 0 unspecified atom stereocenters. The number of aryl methyl sites for hydroxylation is 2. The quantitative estimate of drug-likeness (QED) is 0.742. The molecule has 0 saturated carbocycles. The lowest BCUT2D eigenvalue weighted by Crippen LogP contribution is -2.26. The van der Waals surface area contributed by atoms with Gasteiger partial charge in [-0.05, 0) is 42.5 Å². The molecule has 0 bridgehead atoms. The highest BCUT2D eigenvalue weighted by atomic mass is 32.2. The number of benzene rings is 1. The van der Waals surface area contributed by atoms with Crippen LogP contribution in [0.15, 0.2) is 35.7 Å². The zero-order valence-corrected chi connectivity index (χ0v) is 15.4. The molecule has 0 fully saturated rings. The fraction of sp³-hybridized carbons (Fsp3) is 0.471. The maximum absolute atomic E-state index is 12.6. The standard InChI is InChI=1S/C17H25N3O3S/c1-13(2)15-11-17(14(3)10-16(15)23-4)24(21,22)19-6-5-8-20-9-7-18-12-20/h7,9-13,19H,5-6,8H2,1-4H3. The molecule has 0 aliphatic rings. The maximum atomic E-state index is 12.6. The van der Waals surface area contributed by atoms with E-state index in [0.29, 0.717) is 23.4 Å². The van der Waals surface area contributed by atoms with Crippen molar-refractivity contribution in [3.05, 3.63) is 42.0 Å². The van der Waals surface area contributed by atoms with Gasteiger partial charge in [0.05, 0.1) is 18.3 Å². The summed E-state index contributed by atoms with van der Waals surface area (Å²) in [6, 6.07) is 3.51. The minimum atomic E-state index is -3.54. The van der Waals surface area contributed by atoms with E-state index in [1.54, 1.807) is 38.7 Å². The molecule has 0 amide bonds. The lowest BCUT2D eigenvalue weighted by atomic mass is 10.0. The number of rotatable bonds is 8. The Balaban J connectivity index is 2.11. The fourth-order valence-corrected chi connectivity index (χ4v) is 3.89. The van der Waals surface area contributed by atoms with Crippen LogP contribution in [0.2, 0.25) is 0 Å². The zero-order chi connectivity index (χ0) is 17.7. The number of methoxy groups -OCH3 is 1. The van der Waals surface area contributed by atoms with Crippen LogP contribution in [0.1, 0.15) is 37.3 Å². The Hall–Kier alpha value is -1.86. The van der Waals surface area contributed by atoms with Crippen molar-refractivity contribution in [1.29, 1.82) is 0 Å². The lowest BCUT2D eigenvalue weighted by molar-refractivity contribution is 0.406. The molecular weight excluding hydrogens is 326 g/mol. The summed E-state index contributed by atoms with van der Waals surface area (Å²) >= 11 is 0. The number of ether oxygens (including phenoxy) is 1. The number of hydrogen-bond acceptors (Lipinski definition) is 4. The Morgan fingerprint density at radius 2 is 2.08 bits per heavy atom. The molecule has 2 aromatic rings. The predicted molar refractivity (Wildman–Crippen MR) is 93.9 cm³/mol. The largest absolute Gasteiger partial charge is 0.496 e. The van der Waals surface area contributed by atoms with E-state index in [4.69, 9.17) is 4.74 Å². The number of nitrogens with zero attached hydrogens (tertiary/aromatic N) is 2. The van der Waals surface area contributed by atoms with Crippen molar-refractivity contribution in [2.75, 3.05) is 13.7 Å². The van der Waals surface area contributed by atoms with E-state index in [2.05, 4.69) is 9.71 Å². The second kappa shape index (κ2) is 7.81. The highest BCUT2D eigenvalue weighted by Crippen LogP contribution is 2.31. The van der Waals surface area contributed by atoms with Gasteiger partial charge in [-0.1, -0.05) is 13.8 Å². The van der Waals surface area contributed by atoms with Crippen molar-refractivity contribution < 1.29 is 13.2 Å². The van der Waals surface area contributed by atoms with Gasteiger partial charge in [-0.25, -0.2) is 18.1 Å². The second-order valence-corrected chi connectivity index (χ2v) is 7.80. The summed E-state index contributed by atoms with van der Waals surface area (Å²) in [5.41, 5.74) is 1.57. The summed E-state index contributed by atoms with van der Waals surface area (Å²) in [5.74, 6) is 0.900. The first kappa shape index (κ1) is 18.5. The van der Waals surface area contributed by atoms with E-state index >= 15 is 0 Å². The first-order valence-electron chi connectivity index (χ1n) is 7.99. The van der Waals surface area contributed by atoms with Gasteiger partial charge in [-0.3, -0.25) is 0 Å². The van der Waals surface area contributed by atoms with E-state index in [1.807, 2.05) is 24.6 Å². The second-order valence-electron chi connectivity index (χ2n) is 6.07. The van der Waals surface area contributed by atoms with Crippen LogP contribution in [0.4, 0.5) is 0 Å². The number of hydrogen-bond donors (Lipinski definition) is 1. The van der Waals surface area contributed by atoms with Crippen LogP contribution in [-0.2, 0) is 16.6 Å². The Kier molecular flexibility index (Phi) is 6.01. The van der Waals surface area contributed by atoms with Gasteiger partial charge in [0.1, 0.15) is 5.75 Å². The molecule has 0 spiro atoms. The average molecular weight is 351 g/mol. The van der Waals surface area contributed by atoms with Crippen LogP contribution in [0, 0.1) is 6.92 Å². The third-order valence-electron chi connectivity index (χ3n) is 3.88. The molecular formula is C17H25N3O3S. The van der Waals surface area contributed by atoms with Crippen LogP contribution < -0.4 is 9.46 Å². The fourth-order valence-electron chi connectivity index (χ4n) is 2.56. The van der Waals surface area contributed by atoms with Crippen molar-refractivity contribution in [3.63, 3.8) is 0 Å². The van der Waals surface area contributed by atoms with E-state index < -0.39 is 10.0 Å². The highest BCUT2D eigenvalue weighted by molar-refractivity contribution is 7.89. The Labute approximate surface area is 143 Å². The van der Waals surface area contributed by atoms with E-state index in [9.17, 15) is 8.42 Å². The zero-order valence-electron chi connectivity index (χ0n) is 14.6. The molecule has 1 heterocycles. The average Bonchev–Trinajstić information content (AvgIpc) is 3.04. The van der Waals surface area contributed by atoms with E-state index in [-0.39, 0.29) is 5.92 Å². The number of imidazole rings is 1. The molecule has 1 aromatic carbocycles. The monoisotopic (exact) mass is 351 g/mol. The number of aromatic nitrogens is 2. The Bertz CT molecular complexity index is 769. The van der Waals surface area contributed by atoms with Crippen molar-refractivity contribution >= 4 is 10.0 Å². The predicted octanol–water partition coefficient (Wildman–Crippen LogP) is 2.69. The van der Waals surface area contributed by atoms with E-state index in [1.165, 1.54) is 0 Å². The van der Waals surface area contributed by atoms with Crippen molar-refractivity contribution in [3.8, 4) is 5.75 Å².